The summed E-state index contributed by atoms with van der Waals surface area (Å²) in [5.74, 6) is -0.363. The van der Waals surface area contributed by atoms with Crippen LogP contribution in [0.3, 0.4) is 0 Å². The quantitative estimate of drug-likeness (QED) is 0.780. The van der Waals surface area contributed by atoms with Crippen molar-refractivity contribution in [1.29, 1.82) is 5.26 Å². The molecule has 0 saturated heterocycles. The van der Waals surface area contributed by atoms with Gasteiger partial charge in [-0.1, -0.05) is 0 Å². The van der Waals surface area contributed by atoms with Crippen LogP contribution in [0.15, 0.2) is 42.7 Å². The fraction of sp³-hybridized carbons (Fsp3) is 0. The second-order valence-electron chi connectivity index (χ2n) is 3.61. The highest BCUT2D eigenvalue weighted by molar-refractivity contribution is 6.07. The Labute approximate surface area is 104 Å². The first kappa shape index (κ1) is 11.6. The maximum absolute atomic E-state index is 12.0. The lowest BCUT2D eigenvalue weighted by atomic mass is 10.1. The molecule has 0 spiro atoms. The highest BCUT2D eigenvalue weighted by atomic mass is 16.1. The van der Waals surface area contributed by atoms with Gasteiger partial charge in [0.15, 0.2) is 0 Å². The molecule has 0 unspecified atom stereocenters. The molecule has 1 aromatic carbocycles. The number of aromatic nitrogens is 1. The molecule has 1 aromatic heterocycles. The van der Waals surface area contributed by atoms with Gasteiger partial charge in [-0.2, -0.15) is 5.26 Å². The fourth-order valence-corrected chi connectivity index (χ4v) is 1.46. The third-order valence-electron chi connectivity index (χ3n) is 2.35. The summed E-state index contributed by atoms with van der Waals surface area (Å²) in [6.07, 6.45) is 3.14. The minimum atomic E-state index is -0.363. The Morgan fingerprint density at radius 1 is 1.39 bits per heavy atom. The molecule has 1 amide bonds. The molecule has 5 nitrogen and oxygen atoms in total. The van der Waals surface area contributed by atoms with Gasteiger partial charge in [-0.15, -0.1) is 0 Å². The molecule has 0 aliphatic heterocycles. The number of hydrogen-bond donors (Lipinski definition) is 2. The Bertz CT molecular complexity index is 617. The lowest BCUT2D eigenvalue weighted by molar-refractivity contribution is 0.102. The van der Waals surface area contributed by atoms with E-state index in [0.29, 0.717) is 16.9 Å². The number of hydrogen-bond acceptors (Lipinski definition) is 4. The Hall–Kier alpha value is -2.87. The standard InChI is InChI=1S/C13H10N4O/c14-7-9-3-4-12(15)11(6-9)13(18)17-10-2-1-5-16-8-10/h1-6,8H,15H2,(H,17,18). The van der Waals surface area contributed by atoms with Crippen LogP contribution in [0.2, 0.25) is 0 Å². The van der Waals surface area contributed by atoms with Crippen molar-refractivity contribution in [1.82, 2.24) is 4.98 Å². The first-order valence-corrected chi connectivity index (χ1v) is 5.21. The van der Waals surface area contributed by atoms with Crippen LogP contribution in [-0.2, 0) is 0 Å². The van der Waals surface area contributed by atoms with Gasteiger partial charge in [-0.05, 0) is 30.3 Å². The normalized spacial score (nSPS) is 9.50. The number of carbonyl (C=O) groups is 1. The van der Waals surface area contributed by atoms with E-state index in [9.17, 15) is 4.79 Å². The van der Waals surface area contributed by atoms with Crippen LogP contribution < -0.4 is 11.1 Å². The lowest BCUT2D eigenvalue weighted by Crippen LogP contribution is -2.14. The van der Waals surface area contributed by atoms with Crippen LogP contribution in [0, 0.1) is 11.3 Å². The molecule has 1 heterocycles. The molecular weight excluding hydrogens is 228 g/mol. The van der Waals surface area contributed by atoms with Crippen molar-refractivity contribution in [3.05, 3.63) is 53.9 Å². The van der Waals surface area contributed by atoms with E-state index in [-0.39, 0.29) is 11.5 Å². The number of nitriles is 1. The maximum atomic E-state index is 12.0. The van der Waals surface area contributed by atoms with Crippen LogP contribution in [0.5, 0.6) is 0 Å². The van der Waals surface area contributed by atoms with E-state index in [2.05, 4.69) is 10.3 Å². The number of rotatable bonds is 2. The minimum Gasteiger partial charge on any atom is -0.398 e. The van der Waals surface area contributed by atoms with Gasteiger partial charge in [0.25, 0.3) is 5.91 Å². The summed E-state index contributed by atoms with van der Waals surface area (Å²) in [7, 11) is 0. The van der Waals surface area contributed by atoms with Crippen LogP contribution in [-0.4, -0.2) is 10.9 Å². The highest BCUT2D eigenvalue weighted by Gasteiger charge is 2.10. The maximum Gasteiger partial charge on any atom is 0.257 e. The average Bonchev–Trinajstić information content (AvgIpc) is 2.40. The molecule has 0 aliphatic carbocycles. The van der Waals surface area contributed by atoms with E-state index in [1.54, 1.807) is 24.4 Å². The Morgan fingerprint density at radius 3 is 2.89 bits per heavy atom. The van der Waals surface area contributed by atoms with Crippen molar-refractivity contribution in [2.24, 2.45) is 0 Å². The average molecular weight is 238 g/mol. The third-order valence-corrected chi connectivity index (χ3v) is 2.35. The zero-order valence-electron chi connectivity index (χ0n) is 9.42. The van der Waals surface area contributed by atoms with E-state index in [1.165, 1.54) is 18.3 Å². The molecule has 88 valence electrons. The molecule has 0 saturated carbocycles. The van der Waals surface area contributed by atoms with E-state index >= 15 is 0 Å². The predicted molar refractivity (Wildman–Crippen MR) is 67.8 cm³/mol. The van der Waals surface area contributed by atoms with Gasteiger partial charge in [0.05, 0.1) is 29.1 Å². The molecular formula is C13H10N4O. The fourth-order valence-electron chi connectivity index (χ4n) is 1.46. The zero-order chi connectivity index (χ0) is 13.0. The van der Waals surface area contributed by atoms with E-state index in [0.717, 1.165) is 0 Å². The van der Waals surface area contributed by atoms with Crippen molar-refractivity contribution in [3.63, 3.8) is 0 Å². The molecule has 2 aromatic rings. The minimum absolute atomic E-state index is 0.276. The number of nitrogens with two attached hydrogens (primary N) is 1. The van der Waals surface area contributed by atoms with Crippen molar-refractivity contribution in [2.45, 2.75) is 0 Å². The van der Waals surface area contributed by atoms with Gasteiger partial charge in [0.2, 0.25) is 0 Å². The van der Waals surface area contributed by atoms with Crippen molar-refractivity contribution in [3.8, 4) is 6.07 Å². The number of benzene rings is 1. The van der Waals surface area contributed by atoms with Crippen molar-refractivity contribution >= 4 is 17.3 Å². The second kappa shape index (κ2) is 4.97. The first-order chi connectivity index (χ1) is 8.70. The molecule has 3 N–H and O–H groups in total. The van der Waals surface area contributed by atoms with Gasteiger partial charge in [0.1, 0.15) is 0 Å². The lowest BCUT2D eigenvalue weighted by Gasteiger charge is -2.07. The van der Waals surface area contributed by atoms with Gasteiger partial charge in [0, 0.05) is 11.9 Å². The number of amides is 1. The molecule has 5 heteroatoms. The molecule has 0 aliphatic rings. The summed E-state index contributed by atoms with van der Waals surface area (Å²) < 4.78 is 0. The number of carbonyl (C=O) groups excluding carboxylic acids is 1. The van der Waals surface area contributed by atoms with Gasteiger partial charge in [-0.25, -0.2) is 0 Å². The van der Waals surface area contributed by atoms with Gasteiger partial charge in [-0.3, -0.25) is 9.78 Å². The monoisotopic (exact) mass is 238 g/mol. The van der Waals surface area contributed by atoms with Gasteiger partial charge >= 0.3 is 0 Å². The molecule has 0 atom stereocenters. The molecule has 0 radical (unpaired) electrons. The van der Waals surface area contributed by atoms with Crippen LogP contribution in [0.4, 0.5) is 11.4 Å². The summed E-state index contributed by atoms with van der Waals surface area (Å²) in [5, 5.41) is 11.5. The number of pyridine rings is 1. The highest BCUT2D eigenvalue weighted by Crippen LogP contribution is 2.15. The SMILES string of the molecule is N#Cc1ccc(N)c(C(=O)Nc2cccnc2)c1. The topological polar surface area (TPSA) is 91.8 Å². The van der Waals surface area contributed by atoms with Gasteiger partial charge < -0.3 is 11.1 Å². The van der Waals surface area contributed by atoms with E-state index < -0.39 is 0 Å². The summed E-state index contributed by atoms with van der Waals surface area (Å²) in [6, 6.07) is 9.96. The number of nitrogen functional groups attached to an aromatic ring is 1. The second-order valence-corrected chi connectivity index (χ2v) is 3.61. The zero-order valence-corrected chi connectivity index (χ0v) is 9.42. The van der Waals surface area contributed by atoms with Crippen LogP contribution >= 0.6 is 0 Å². The first-order valence-electron chi connectivity index (χ1n) is 5.21. The summed E-state index contributed by atoms with van der Waals surface area (Å²) in [5.41, 5.74) is 7.28. The van der Waals surface area contributed by atoms with E-state index in [4.69, 9.17) is 11.0 Å². The van der Waals surface area contributed by atoms with Crippen molar-refractivity contribution < 1.29 is 4.79 Å². The summed E-state index contributed by atoms with van der Waals surface area (Å²) >= 11 is 0. The number of nitrogens with zero attached hydrogens (tertiary/aromatic N) is 2. The molecule has 0 bridgehead atoms. The number of nitrogens with one attached hydrogen (secondary N) is 1. The van der Waals surface area contributed by atoms with Crippen molar-refractivity contribution in [2.75, 3.05) is 11.1 Å². The van der Waals surface area contributed by atoms with Crippen LogP contribution in [0.1, 0.15) is 15.9 Å². The van der Waals surface area contributed by atoms with E-state index in [1.807, 2.05) is 6.07 Å². The molecule has 0 fully saturated rings. The van der Waals surface area contributed by atoms with Crippen LogP contribution in [0.25, 0.3) is 0 Å². The Morgan fingerprint density at radius 2 is 2.22 bits per heavy atom. The summed E-state index contributed by atoms with van der Waals surface area (Å²) in [6.45, 7) is 0. The third kappa shape index (κ3) is 2.44. The molecule has 2 rings (SSSR count). The summed E-state index contributed by atoms with van der Waals surface area (Å²) in [4.78, 5) is 15.9. The predicted octanol–water partition coefficient (Wildman–Crippen LogP) is 1.79. The Balaban J connectivity index is 2.27. The number of anilines is 2. The molecule has 18 heavy (non-hydrogen) atoms. The Kier molecular flexibility index (Phi) is 3.21. The smallest absolute Gasteiger partial charge is 0.257 e. The largest absolute Gasteiger partial charge is 0.398 e.